The number of rotatable bonds is 3. The van der Waals surface area contributed by atoms with E-state index in [4.69, 9.17) is 0 Å². The van der Waals surface area contributed by atoms with Crippen LogP contribution in [0.4, 0.5) is 0 Å². The highest BCUT2D eigenvalue weighted by Gasteiger charge is 2.14. The normalized spacial score (nSPS) is 10.7. The Labute approximate surface area is 100 Å². The lowest BCUT2D eigenvalue weighted by atomic mass is 10.5. The SMILES string of the molecule is CCn1c(=O)c(Br)c(SC)c(=O)n1CC. The number of nitrogens with zero attached hydrogens (tertiary/aromatic N) is 2. The number of aromatic nitrogens is 2. The van der Waals surface area contributed by atoms with Gasteiger partial charge in [0.1, 0.15) is 4.47 Å². The Balaban J connectivity index is 3.74. The molecule has 6 heteroatoms. The van der Waals surface area contributed by atoms with Gasteiger partial charge < -0.3 is 0 Å². The van der Waals surface area contributed by atoms with Crippen molar-refractivity contribution in [2.45, 2.75) is 31.8 Å². The summed E-state index contributed by atoms with van der Waals surface area (Å²) in [6.45, 7) is 4.70. The molecule has 0 fully saturated rings. The van der Waals surface area contributed by atoms with Gasteiger partial charge in [-0.1, -0.05) is 0 Å². The van der Waals surface area contributed by atoms with Gasteiger partial charge in [0.25, 0.3) is 11.1 Å². The topological polar surface area (TPSA) is 44.0 Å². The second kappa shape index (κ2) is 5.03. The van der Waals surface area contributed by atoms with Crippen LogP contribution in [0.25, 0.3) is 0 Å². The van der Waals surface area contributed by atoms with Gasteiger partial charge in [-0.2, -0.15) is 0 Å². The van der Waals surface area contributed by atoms with Crippen molar-refractivity contribution in [1.29, 1.82) is 0 Å². The Morgan fingerprint density at radius 3 is 2.00 bits per heavy atom. The van der Waals surface area contributed by atoms with E-state index >= 15 is 0 Å². The quantitative estimate of drug-likeness (QED) is 0.794. The highest BCUT2D eigenvalue weighted by atomic mass is 79.9. The third-order valence-corrected chi connectivity index (χ3v) is 3.93. The van der Waals surface area contributed by atoms with E-state index in [0.29, 0.717) is 22.5 Å². The lowest BCUT2D eigenvalue weighted by molar-refractivity contribution is 0.432. The highest BCUT2D eigenvalue weighted by Crippen LogP contribution is 2.17. The fraction of sp³-hybridized carbons (Fsp3) is 0.556. The van der Waals surface area contributed by atoms with E-state index in [1.165, 1.54) is 21.1 Å². The molecule has 0 atom stereocenters. The lowest BCUT2D eigenvalue weighted by Crippen LogP contribution is -2.39. The summed E-state index contributed by atoms with van der Waals surface area (Å²) >= 11 is 4.47. The van der Waals surface area contributed by atoms with Crippen LogP contribution >= 0.6 is 27.7 Å². The van der Waals surface area contributed by atoms with Crippen LogP contribution in [0.2, 0.25) is 0 Å². The van der Waals surface area contributed by atoms with E-state index in [2.05, 4.69) is 15.9 Å². The molecule has 15 heavy (non-hydrogen) atoms. The molecule has 1 rings (SSSR count). The number of thioether (sulfide) groups is 1. The Morgan fingerprint density at radius 1 is 1.13 bits per heavy atom. The minimum atomic E-state index is -0.150. The molecule has 1 aromatic heterocycles. The number of hydrogen-bond acceptors (Lipinski definition) is 3. The summed E-state index contributed by atoms with van der Waals surface area (Å²) in [7, 11) is 0. The number of halogens is 1. The molecule has 0 aliphatic carbocycles. The van der Waals surface area contributed by atoms with Crippen molar-refractivity contribution in [1.82, 2.24) is 9.36 Å². The van der Waals surface area contributed by atoms with Crippen LogP contribution in [0.15, 0.2) is 19.0 Å². The first-order chi connectivity index (χ1) is 7.08. The van der Waals surface area contributed by atoms with E-state index < -0.39 is 0 Å². The van der Waals surface area contributed by atoms with Crippen LogP contribution in [0, 0.1) is 0 Å². The van der Waals surface area contributed by atoms with Crippen molar-refractivity contribution >= 4 is 27.7 Å². The fourth-order valence-corrected chi connectivity index (χ4v) is 2.85. The second-order valence-electron chi connectivity index (χ2n) is 2.89. The zero-order valence-corrected chi connectivity index (χ0v) is 11.3. The first-order valence-electron chi connectivity index (χ1n) is 4.65. The van der Waals surface area contributed by atoms with Crippen molar-refractivity contribution in [3.05, 3.63) is 25.2 Å². The standard InChI is InChI=1S/C9H13BrN2O2S/c1-4-11-8(13)6(10)7(15-3)9(14)12(11)5-2/h4-5H2,1-3H3. The maximum Gasteiger partial charge on any atom is 0.280 e. The monoisotopic (exact) mass is 292 g/mol. The van der Waals surface area contributed by atoms with E-state index in [9.17, 15) is 9.59 Å². The van der Waals surface area contributed by atoms with Gasteiger partial charge in [0.15, 0.2) is 0 Å². The molecule has 0 unspecified atom stereocenters. The molecule has 4 nitrogen and oxygen atoms in total. The molecule has 1 heterocycles. The lowest BCUT2D eigenvalue weighted by Gasteiger charge is -2.14. The second-order valence-corrected chi connectivity index (χ2v) is 4.50. The van der Waals surface area contributed by atoms with Gasteiger partial charge >= 0.3 is 0 Å². The van der Waals surface area contributed by atoms with Crippen molar-refractivity contribution < 1.29 is 0 Å². The molecule has 0 aliphatic rings. The van der Waals surface area contributed by atoms with Crippen LogP contribution in [0.3, 0.4) is 0 Å². The van der Waals surface area contributed by atoms with Crippen LogP contribution in [0.5, 0.6) is 0 Å². The maximum absolute atomic E-state index is 11.9. The van der Waals surface area contributed by atoms with E-state index in [0.717, 1.165) is 0 Å². The van der Waals surface area contributed by atoms with Crippen molar-refractivity contribution in [3.8, 4) is 0 Å². The van der Waals surface area contributed by atoms with Crippen molar-refractivity contribution in [2.75, 3.05) is 6.26 Å². The first kappa shape index (κ1) is 12.6. The van der Waals surface area contributed by atoms with Gasteiger partial charge in [-0.3, -0.25) is 9.59 Å². The van der Waals surface area contributed by atoms with Crippen LogP contribution < -0.4 is 11.1 Å². The molecule has 0 bridgehead atoms. The summed E-state index contributed by atoms with van der Waals surface area (Å²) in [5, 5.41) is 0. The van der Waals surface area contributed by atoms with Gasteiger partial charge in [-0.05, 0) is 36.0 Å². The molecular formula is C9H13BrN2O2S. The summed E-state index contributed by atoms with van der Waals surface area (Å²) in [6.07, 6.45) is 1.79. The fourth-order valence-electron chi connectivity index (χ4n) is 1.45. The van der Waals surface area contributed by atoms with Gasteiger partial charge in [0.2, 0.25) is 0 Å². The van der Waals surface area contributed by atoms with Gasteiger partial charge in [0.05, 0.1) is 4.90 Å². The van der Waals surface area contributed by atoms with Gasteiger partial charge in [-0.25, -0.2) is 9.36 Å². The minimum absolute atomic E-state index is 0.113. The Hall–Kier alpha value is -0.490. The first-order valence-corrected chi connectivity index (χ1v) is 6.67. The molecule has 84 valence electrons. The van der Waals surface area contributed by atoms with Crippen molar-refractivity contribution in [3.63, 3.8) is 0 Å². The van der Waals surface area contributed by atoms with Gasteiger partial charge in [0, 0.05) is 13.1 Å². The molecule has 0 aromatic carbocycles. The third kappa shape index (κ3) is 2.06. The van der Waals surface area contributed by atoms with Crippen LogP contribution in [-0.2, 0) is 13.1 Å². The van der Waals surface area contributed by atoms with E-state index in [1.54, 1.807) is 6.26 Å². The zero-order chi connectivity index (χ0) is 11.6. The molecule has 0 saturated heterocycles. The smallest absolute Gasteiger partial charge is 0.267 e. The molecular weight excluding hydrogens is 280 g/mol. The average molecular weight is 293 g/mol. The zero-order valence-electron chi connectivity index (χ0n) is 8.91. The van der Waals surface area contributed by atoms with Crippen molar-refractivity contribution in [2.24, 2.45) is 0 Å². The predicted molar refractivity (Wildman–Crippen MR) is 65.8 cm³/mol. The largest absolute Gasteiger partial charge is 0.280 e. The molecule has 1 aromatic rings. The summed E-state index contributed by atoms with van der Waals surface area (Å²) in [4.78, 5) is 24.3. The van der Waals surface area contributed by atoms with Crippen LogP contribution in [0.1, 0.15) is 13.8 Å². The predicted octanol–water partition coefficient (Wildman–Crippen LogP) is 1.53. The molecule has 0 aliphatic heterocycles. The summed E-state index contributed by atoms with van der Waals surface area (Å²) in [6, 6.07) is 0. The molecule has 0 spiro atoms. The summed E-state index contributed by atoms with van der Waals surface area (Å²) in [5.74, 6) is 0. The van der Waals surface area contributed by atoms with E-state index in [-0.39, 0.29) is 11.1 Å². The minimum Gasteiger partial charge on any atom is -0.267 e. The third-order valence-electron chi connectivity index (χ3n) is 2.14. The summed E-state index contributed by atoms with van der Waals surface area (Å²) in [5.41, 5.74) is -0.262. The molecule has 0 N–H and O–H groups in total. The highest BCUT2D eigenvalue weighted by molar-refractivity contribution is 9.10. The van der Waals surface area contributed by atoms with Crippen LogP contribution in [-0.4, -0.2) is 15.6 Å². The number of hydrogen-bond donors (Lipinski definition) is 0. The molecule has 0 saturated carbocycles. The Morgan fingerprint density at radius 2 is 1.60 bits per heavy atom. The maximum atomic E-state index is 11.9. The van der Waals surface area contributed by atoms with Gasteiger partial charge in [-0.15, -0.1) is 11.8 Å². The average Bonchev–Trinajstić information content (AvgIpc) is 2.23. The molecule has 0 radical (unpaired) electrons. The summed E-state index contributed by atoms with van der Waals surface area (Å²) < 4.78 is 3.29. The Kier molecular flexibility index (Phi) is 4.21. The van der Waals surface area contributed by atoms with E-state index in [1.807, 2.05) is 13.8 Å². The molecule has 0 amide bonds. The Bertz CT molecular complexity index is 478.